The van der Waals surface area contributed by atoms with E-state index in [2.05, 4.69) is 35.9 Å². The van der Waals surface area contributed by atoms with Crippen LogP contribution in [0.3, 0.4) is 0 Å². The minimum atomic E-state index is 0.682. The Labute approximate surface area is 126 Å². The summed E-state index contributed by atoms with van der Waals surface area (Å²) in [5.74, 6) is 1.66. The van der Waals surface area contributed by atoms with Crippen LogP contribution in [0.15, 0.2) is 0 Å². The van der Waals surface area contributed by atoms with Gasteiger partial charge in [0.25, 0.3) is 0 Å². The predicted molar refractivity (Wildman–Crippen MR) is 83.1 cm³/mol. The highest BCUT2D eigenvalue weighted by Crippen LogP contribution is 2.39. The van der Waals surface area contributed by atoms with Crippen molar-refractivity contribution in [3.8, 4) is 0 Å². The Morgan fingerprint density at radius 1 is 1.25 bits per heavy atom. The van der Waals surface area contributed by atoms with Gasteiger partial charge in [-0.2, -0.15) is 0 Å². The van der Waals surface area contributed by atoms with E-state index in [4.69, 9.17) is 4.74 Å². The second-order valence-corrected chi connectivity index (χ2v) is 7.84. The minimum Gasteiger partial charge on any atom is -0.370 e. The van der Waals surface area contributed by atoms with Crippen molar-refractivity contribution < 1.29 is 14.6 Å². The van der Waals surface area contributed by atoms with Gasteiger partial charge >= 0.3 is 5.17 Å². The van der Waals surface area contributed by atoms with Crippen molar-refractivity contribution in [3.05, 3.63) is 0 Å². The van der Waals surface area contributed by atoms with Gasteiger partial charge in [-0.25, -0.2) is 0 Å². The highest BCUT2D eigenvalue weighted by molar-refractivity contribution is 8.14. The Morgan fingerprint density at radius 2 is 2.00 bits per heavy atom. The molecule has 3 rings (SSSR count). The number of nitrogens with one attached hydrogen (secondary N) is 3. The summed E-state index contributed by atoms with van der Waals surface area (Å²) in [5.41, 5.74) is 0. The smallest absolute Gasteiger partial charge is 0.304 e. The number of hydrogen-bond donors (Lipinski definition) is 3. The fraction of sp³-hybridized carbons (Fsp3) is 0.933. The highest BCUT2D eigenvalue weighted by Gasteiger charge is 2.46. The number of fused-ring (bicyclic) bond motifs is 1. The molecular formula is C15H29N3OS+2. The Kier molecular flexibility index (Phi) is 4.89. The fourth-order valence-electron chi connectivity index (χ4n) is 3.64. The van der Waals surface area contributed by atoms with Crippen molar-refractivity contribution in [2.75, 3.05) is 39.4 Å². The van der Waals surface area contributed by atoms with E-state index in [0.717, 1.165) is 49.9 Å². The molecule has 2 saturated heterocycles. The SMILES string of the molecule is CC1CCC(C)C2SC(=[NH+]CC[NH+]3CCOCC3)NC12. The molecule has 0 amide bonds. The average molecular weight is 299 g/mol. The zero-order chi connectivity index (χ0) is 13.9. The van der Waals surface area contributed by atoms with Crippen LogP contribution in [0.2, 0.25) is 0 Å². The van der Waals surface area contributed by atoms with Gasteiger partial charge in [-0.3, -0.25) is 10.3 Å². The van der Waals surface area contributed by atoms with E-state index in [0.29, 0.717) is 6.04 Å². The summed E-state index contributed by atoms with van der Waals surface area (Å²) >= 11 is 2.05. The number of thioether (sulfide) groups is 1. The minimum absolute atomic E-state index is 0.682. The number of ether oxygens (including phenoxy) is 1. The van der Waals surface area contributed by atoms with Crippen molar-refractivity contribution in [1.82, 2.24) is 5.32 Å². The Balaban J connectivity index is 1.49. The van der Waals surface area contributed by atoms with E-state index in [-0.39, 0.29) is 0 Å². The quantitative estimate of drug-likeness (QED) is 0.593. The number of amidine groups is 1. The summed E-state index contributed by atoms with van der Waals surface area (Å²) in [7, 11) is 0. The van der Waals surface area contributed by atoms with Crippen LogP contribution >= 0.6 is 11.8 Å². The van der Waals surface area contributed by atoms with E-state index in [1.165, 1.54) is 24.6 Å². The summed E-state index contributed by atoms with van der Waals surface area (Å²) in [6.07, 6.45) is 2.77. The zero-order valence-electron chi connectivity index (χ0n) is 12.8. The third-order valence-corrected chi connectivity index (χ3v) is 6.65. The molecule has 3 fully saturated rings. The van der Waals surface area contributed by atoms with Crippen molar-refractivity contribution >= 4 is 16.9 Å². The third kappa shape index (κ3) is 3.31. The van der Waals surface area contributed by atoms with E-state index in [1.54, 1.807) is 4.90 Å². The maximum Gasteiger partial charge on any atom is 0.304 e. The van der Waals surface area contributed by atoms with Crippen LogP contribution in [0.25, 0.3) is 0 Å². The molecular weight excluding hydrogens is 270 g/mol. The van der Waals surface area contributed by atoms with Crippen molar-refractivity contribution in [3.63, 3.8) is 0 Å². The van der Waals surface area contributed by atoms with Crippen LogP contribution in [0.4, 0.5) is 0 Å². The Bertz CT molecular complexity index is 337. The molecule has 0 spiro atoms. The van der Waals surface area contributed by atoms with E-state index in [1.807, 2.05) is 0 Å². The molecule has 3 aliphatic rings. The van der Waals surface area contributed by atoms with Gasteiger partial charge in [0.2, 0.25) is 0 Å². The van der Waals surface area contributed by atoms with Gasteiger partial charge in [0.05, 0.1) is 18.5 Å². The standard InChI is InChI=1S/C15H27N3OS/c1-11-3-4-12(2)14-13(11)17-15(20-14)16-5-6-18-7-9-19-10-8-18/h11-14H,3-10H2,1-2H3,(H,16,17)/p+2. The van der Waals surface area contributed by atoms with Gasteiger partial charge in [-0.05, 0) is 36.4 Å². The molecule has 0 aromatic rings. The van der Waals surface area contributed by atoms with Crippen LogP contribution in [0, 0.1) is 11.8 Å². The summed E-state index contributed by atoms with van der Waals surface area (Å²) < 4.78 is 5.40. The van der Waals surface area contributed by atoms with Gasteiger partial charge in [-0.1, -0.05) is 13.8 Å². The molecule has 3 N–H and O–H groups in total. The van der Waals surface area contributed by atoms with Crippen molar-refractivity contribution in [2.24, 2.45) is 11.8 Å². The maximum atomic E-state index is 5.40. The highest BCUT2D eigenvalue weighted by atomic mass is 32.2. The Morgan fingerprint density at radius 3 is 2.75 bits per heavy atom. The number of hydrogen-bond acceptors (Lipinski definition) is 2. The molecule has 0 bridgehead atoms. The molecule has 4 unspecified atom stereocenters. The second kappa shape index (κ2) is 6.67. The van der Waals surface area contributed by atoms with Gasteiger partial charge in [0.1, 0.15) is 32.2 Å². The molecule has 2 heterocycles. The first-order chi connectivity index (χ1) is 9.74. The monoisotopic (exact) mass is 299 g/mol. The average Bonchev–Trinajstić information content (AvgIpc) is 2.90. The third-order valence-electron chi connectivity index (χ3n) is 5.12. The molecule has 0 radical (unpaired) electrons. The van der Waals surface area contributed by atoms with Crippen LogP contribution in [-0.2, 0) is 4.74 Å². The lowest BCUT2D eigenvalue weighted by Crippen LogP contribution is -3.15. The van der Waals surface area contributed by atoms with Gasteiger partial charge in [0, 0.05) is 0 Å². The molecule has 114 valence electrons. The number of quaternary nitrogens is 1. The van der Waals surface area contributed by atoms with E-state index >= 15 is 0 Å². The van der Waals surface area contributed by atoms with Crippen molar-refractivity contribution in [1.29, 1.82) is 0 Å². The molecule has 0 aromatic carbocycles. The van der Waals surface area contributed by atoms with E-state index in [9.17, 15) is 0 Å². The largest absolute Gasteiger partial charge is 0.370 e. The summed E-state index contributed by atoms with van der Waals surface area (Å²) in [6.45, 7) is 11.3. The Hall–Kier alpha value is -0.260. The first-order valence-corrected chi connectivity index (χ1v) is 9.07. The normalized spacial score (nSPS) is 40.6. The van der Waals surface area contributed by atoms with E-state index < -0.39 is 0 Å². The molecule has 4 nitrogen and oxygen atoms in total. The van der Waals surface area contributed by atoms with Gasteiger partial charge < -0.3 is 9.64 Å². The second-order valence-electron chi connectivity index (χ2n) is 6.65. The summed E-state index contributed by atoms with van der Waals surface area (Å²) in [4.78, 5) is 5.31. The molecule has 1 aliphatic carbocycles. The van der Waals surface area contributed by atoms with Gasteiger partial charge in [0.15, 0.2) is 0 Å². The maximum absolute atomic E-state index is 5.40. The number of rotatable bonds is 3. The fourth-order valence-corrected chi connectivity index (χ4v) is 5.15. The molecule has 1 saturated carbocycles. The first-order valence-electron chi connectivity index (χ1n) is 8.19. The summed E-state index contributed by atoms with van der Waals surface area (Å²) in [6, 6.07) is 0.682. The van der Waals surface area contributed by atoms with Crippen LogP contribution in [-0.4, -0.2) is 55.9 Å². The van der Waals surface area contributed by atoms with Crippen LogP contribution in [0.5, 0.6) is 0 Å². The molecule has 2 aliphatic heterocycles. The lowest BCUT2D eigenvalue weighted by molar-refractivity contribution is -0.914. The topological polar surface area (TPSA) is 39.7 Å². The first kappa shape index (κ1) is 14.7. The molecule has 5 heteroatoms. The lowest BCUT2D eigenvalue weighted by atomic mass is 9.80. The van der Waals surface area contributed by atoms with Crippen LogP contribution < -0.4 is 15.2 Å². The van der Waals surface area contributed by atoms with Gasteiger partial charge in [-0.15, -0.1) is 0 Å². The van der Waals surface area contributed by atoms with Crippen LogP contribution in [0.1, 0.15) is 26.7 Å². The predicted octanol–water partition coefficient (Wildman–Crippen LogP) is -1.52. The summed E-state index contributed by atoms with van der Waals surface area (Å²) in [5, 5.41) is 5.85. The molecule has 4 atom stereocenters. The molecule has 0 aromatic heterocycles. The zero-order valence-corrected chi connectivity index (χ0v) is 13.6. The lowest BCUT2D eigenvalue weighted by Gasteiger charge is -2.31. The number of morpholine rings is 1. The molecule has 20 heavy (non-hydrogen) atoms. The van der Waals surface area contributed by atoms with Crippen molar-refractivity contribution in [2.45, 2.75) is 38.0 Å².